The highest BCUT2D eigenvalue weighted by Crippen LogP contribution is 2.33. The van der Waals surface area contributed by atoms with Crippen LogP contribution in [0, 0.1) is 0 Å². The molecular formula is C21H33N3O2. The maximum absolute atomic E-state index is 12.1. The van der Waals surface area contributed by atoms with E-state index in [4.69, 9.17) is 4.74 Å². The molecule has 0 aliphatic heterocycles. The van der Waals surface area contributed by atoms with Crippen molar-refractivity contribution in [2.75, 3.05) is 0 Å². The van der Waals surface area contributed by atoms with Crippen LogP contribution in [0.1, 0.15) is 83.5 Å². The molecule has 3 rings (SSSR count). The van der Waals surface area contributed by atoms with Gasteiger partial charge < -0.3 is 15.4 Å². The second-order valence-corrected chi connectivity index (χ2v) is 9.12. The van der Waals surface area contributed by atoms with Crippen molar-refractivity contribution in [1.29, 1.82) is 0 Å². The molecule has 0 bridgehead atoms. The quantitative estimate of drug-likeness (QED) is 0.846. The average molecular weight is 360 g/mol. The Bertz CT molecular complexity index is 630. The topological polar surface area (TPSA) is 63.2 Å². The summed E-state index contributed by atoms with van der Waals surface area (Å²) >= 11 is 0. The fraction of sp³-hybridized carbons (Fsp3) is 0.714. The molecule has 5 heteroatoms. The average Bonchev–Trinajstić information content (AvgIpc) is 2.55. The molecule has 2 N–H and O–H groups in total. The number of nitrogens with one attached hydrogen (secondary N) is 2. The number of aryl methyl sites for hydroxylation is 1. The van der Waals surface area contributed by atoms with Crippen LogP contribution in [-0.2, 0) is 11.2 Å². The molecule has 26 heavy (non-hydrogen) atoms. The predicted octanol–water partition coefficient (Wildman–Crippen LogP) is 4.27. The minimum Gasteiger partial charge on any atom is -0.444 e. The van der Waals surface area contributed by atoms with Gasteiger partial charge in [0.15, 0.2) is 0 Å². The highest BCUT2D eigenvalue weighted by atomic mass is 16.6. The van der Waals surface area contributed by atoms with Crippen LogP contribution in [0.15, 0.2) is 18.3 Å². The first-order chi connectivity index (χ1) is 12.2. The summed E-state index contributed by atoms with van der Waals surface area (Å²) in [5.41, 5.74) is 1.99. The van der Waals surface area contributed by atoms with Crippen LogP contribution >= 0.6 is 0 Å². The smallest absolute Gasteiger partial charge is 0.408 e. The first-order valence-corrected chi connectivity index (χ1v) is 9.95. The monoisotopic (exact) mass is 359 g/mol. The Morgan fingerprint density at radius 2 is 2.00 bits per heavy atom. The van der Waals surface area contributed by atoms with Crippen molar-refractivity contribution in [2.45, 2.75) is 95.9 Å². The third-order valence-corrected chi connectivity index (χ3v) is 5.52. The Morgan fingerprint density at radius 3 is 2.69 bits per heavy atom. The van der Waals surface area contributed by atoms with E-state index in [9.17, 15) is 4.79 Å². The summed E-state index contributed by atoms with van der Waals surface area (Å²) in [6.45, 7) is 7.81. The fourth-order valence-electron chi connectivity index (χ4n) is 4.15. The van der Waals surface area contributed by atoms with Gasteiger partial charge in [-0.25, -0.2) is 4.79 Å². The van der Waals surface area contributed by atoms with Gasteiger partial charge in [-0.1, -0.05) is 6.07 Å². The van der Waals surface area contributed by atoms with Gasteiger partial charge in [0.05, 0.1) is 5.69 Å². The molecule has 1 fully saturated rings. The normalized spacial score (nSPS) is 28.9. The van der Waals surface area contributed by atoms with Gasteiger partial charge in [0.2, 0.25) is 0 Å². The van der Waals surface area contributed by atoms with Gasteiger partial charge in [0.25, 0.3) is 0 Å². The molecule has 1 aromatic heterocycles. The second-order valence-electron chi connectivity index (χ2n) is 9.12. The number of fused-ring (bicyclic) bond motifs is 1. The van der Waals surface area contributed by atoms with Crippen molar-refractivity contribution in [2.24, 2.45) is 0 Å². The first-order valence-electron chi connectivity index (χ1n) is 9.95. The fourth-order valence-corrected chi connectivity index (χ4v) is 4.15. The van der Waals surface area contributed by atoms with E-state index < -0.39 is 5.60 Å². The molecule has 0 aromatic carbocycles. The Labute approximate surface area is 157 Å². The van der Waals surface area contributed by atoms with E-state index in [1.807, 2.05) is 33.0 Å². The van der Waals surface area contributed by atoms with Crippen LogP contribution in [0.2, 0.25) is 0 Å². The summed E-state index contributed by atoms with van der Waals surface area (Å²) in [5.74, 6) is 0. The van der Waals surface area contributed by atoms with Crippen LogP contribution in [0.5, 0.6) is 0 Å². The zero-order valence-corrected chi connectivity index (χ0v) is 16.6. The third kappa shape index (κ3) is 4.97. The molecule has 1 unspecified atom stereocenters. The Hall–Kier alpha value is -1.62. The molecule has 0 spiro atoms. The number of rotatable bonds is 3. The van der Waals surface area contributed by atoms with Gasteiger partial charge in [-0.15, -0.1) is 0 Å². The Kier molecular flexibility index (Phi) is 5.56. The van der Waals surface area contributed by atoms with E-state index in [0.717, 1.165) is 38.5 Å². The van der Waals surface area contributed by atoms with Crippen LogP contribution < -0.4 is 10.6 Å². The highest BCUT2D eigenvalue weighted by molar-refractivity contribution is 5.68. The van der Waals surface area contributed by atoms with Crippen LogP contribution in [0.25, 0.3) is 0 Å². The number of hydrogen-bond acceptors (Lipinski definition) is 4. The molecule has 1 saturated carbocycles. The van der Waals surface area contributed by atoms with Crippen molar-refractivity contribution in [1.82, 2.24) is 15.6 Å². The Morgan fingerprint density at radius 1 is 1.27 bits per heavy atom. The number of amides is 1. The number of nitrogens with zero attached hydrogens (tertiary/aromatic N) is 1. The summed E-state index contributed by atoms with van der Waals surface area (Å²) < 4.78 is 5.42. The molecule has 0 saturated heterocycles. The first kappa shape index (κ1) is 19.2. The third-order valence-electron chi connectivity index (χ3n) is 5.52. The molecule has 2 aliphatic rings. The number of carbonyl (C=O) groups excluding carboxylic acids is 1. The van der Waals surface area contributed by atoms with Gasteiger partial charge in [-0.05, 0) is 84.3 Å². The number of aromatic nitrogens is 1. The Balaban J connectivity index is 1.52. The van der Waals surface area contributed by atoms with E-state index in [1.165, 1.54) is 17.7 Å². The molecule has 1 amide bonds. The summed E-state index contributed by atoms with van der Waals surface area (Å²) in [5, 5.41) is 6.93. The summed E-state index contributed by atoms with van der Waals surface area (Å²) in [6.07, 6.45) is 9.17. The van der Waals surface area contributed by atoms with Gasteiger partial charge in [0, 0.05) is 23.8 Å². The number of hydrogen-bond donors (Lipinski definition) is 2. The standard InChI is InChI=1S/C21H33N3O2/c1-20(2,3)26-19(25)24-21(4)12-10-16(11-13-21)23-17-9-5-7-15-8-6-14-22-18(15)17/h6,8,14,16-17,23H,5,7,9-13H2,1-4H3,(H,24,25). The van der Waals surface area contributed by atoms with Crippen molar-refractivity contribution in [3.8, 4) is 0 Å². The zero-order chi connectivity index (χ0) is 18.8. The van der Waals surface area contributed by atoms with E-state index in [-0.39, 0.29) is 11.6 Å². The van der Waals surface area contributed by atoms with Gasteiger partial charge in [-0.3, -0.25) is 4.98 Å². The maximum atomic E-state index is 12.1. The van der Waals surface area contributed by atoms with E-state index in [0.29, 0.717) is 12.1 Å². The molecule has 5 nitrogen and oxygen atoms in total. The van der Waals surface area contributed by atoms with E-state index >= 15 is 0 Å². The zero-order valence-electron chi connectivity index (χ0n) is 16.6. The van der Waals surface area contributed by atoms with Crippen molar-refractivity contribution in [3.05, 3.63) is 29.6 Å². The minimum atomic E-state index is -0.458. The van der Waals surface area contributed by atoms with Gasteiger partial charge in [0.1, 0.15) is 5.60 Å². The molecule has 1 aromatic rings. The van der Waals surface area contributed by atoms with Crippen LogP contribution in [0.4, 0.5) is 4.79 Å². The lowest BCUT2D eigenvalue weighted by atomic mass is 9.80. The van der Waals surface area contributed by atoms with E-state index in [2.05, 4.69) is 28.6 Å². The molecule has 1 heterocycles. The lowest BCUT2D eigenvalue weighted by Gasteiger charge is -2.40. The summed E-state index contributed by atoms with van der Waals surface area (Å²) in [7, 11) is 0. The molecule has 1 atom stereocenters. The number of ether oxygens (including phenoxy) is 1. The number of carbonyl (C=O) groups is 1. The van der Waals surface area contributed by atoms with E-state index in [1.54, 1.807) is 0 Å². The van der Waals surface area contributed by atoms with Crippen LogP contribution in [0.3, 0.4) is 0 Å². The van der Waals surface area contributed by atoms with Crippen molar-refractivity contribution < 1.29 is 9.53 Å². The predicted molar refractivity (Wildman–Crippen MR) is 103 cm³/mol. The van der Waals surface area contributed by atoms with Crippen molar-refractivity contribution >= 4 is 6.09 Å². The molecular weight excluding hydrogens is 326 g/mol. The largest absolute Gasteiger partial charge is 0.444 e. The molecule has 144 valence electrons. The summed E-state index contributed by atoms with van der Waals surface area (Å²) in [4.78, 5) is 16.7. The van der Waals surface area contributed by atoms with Gasteiger partial charge in [-0.2, -0.15) is 0 Å². The lowest BCUT2D eigenvalue weighted by molar-refractivity contribution is 0.0429. The molecule has 0 radical (unpaired) electrons. The number of alkyl carbamates (subject to hydrolysis) is 1. The van der Waals surface area contributed by atoms with Gasteiger partial charge >= 0.3 is 6.09 Å². The lowest BCUT2D eigenvalue weighted by Crippen LogP contribution is -2.52. The second kappa shape index (κ2) is 7.55. The number of pyridine rings is 1. The van der Waals surface area contributed by atoms with Crippen molar-refractivity contribution in [3.63, 3.8) is 0 Å². The maximum Gasteiger partial charge on any atom is 0.408 e. The SMILES string of the molecule is CC1(NC(=O)OC(C)(C)C)CCC(NC2CCCc3cccnc32)CC1. The highest BCUT2D eigenvalue weighted by Gasteiger charge is 2.35. The summed E-state index contributed by atoms with van der Waals surface area (Å²) in [6, 6.07) is 5.10. The molecule has 2 aliphatic carbocycles. The minimum absolute atomic E-state index is 0.177. The van der Waals surface area contributed by atoms with Crippen LogP contribution in [-0.4, -0.2) is 28.3 Å².